The lowest BCUT2D eigenvalue weighted by Gasteiger charge is -2.14. The highest BCUT2D eigenvalue weighted by Crippen LogP contribution is 2.17. The molecular formula is C17H15BrFNO4. The summed E-state index contributed by atoms with van der Waals surface area (Å²) in [6.45, 7) is 1.13. The molecule has 0 fully saturated rings. The van der Waals surface area contributed by atoms with Gasteiger partial charge in [-0.1, -0.05) is 22.0 Å². The van der Waals surface area contributed by atoms with Gasteiger partial charge in [-0.2, -0.15) is 0 Å². The number of amides is 1. The maximum atomic E-state index is 12.8. The van der Waals surface area contributed by atoms with Gasteiger partial charge >= 0.3 is 5.97 Å². The molecule has 0 aromatic heterocycles. The number of benzene rings is 2. The van der Waals surface area contributed by atoms with Gasteiger partial charge in [0, 0.05) is 10.2 Å². The molecule has 0 bridgehead atoms. The van der Waals surface area contributed by atoms with Crippen molar-refractivity contribution in [3.05, 3.63) is 58.8 Å². The third kappa shape index (κ3) is 5.66. The van der Waals surface area contributed by atoms with Crippen LogP contribution in [0.1, 0.15) is 6.92 Å². The summed E-state index contributed by atoms with van der Waals surface area (Å²) in [7, 11) is 0. The third-order valence-electron chi connectivity index (χ3n) is 2.94. The first-order chi connectivity index (χ1) is 11.4. The summed E-state index contributed by atoms with van der Waals surface area (Å²) in [6.07, 6.45) is -1.01. The number of carbonyl (C=O) groups excluding carboxylic acids is 2. The van der Waals surface area contributed by atoms with E-state index < -0.39 is 23.8 Å². The minimum Gasteiger partial charge on any atom is -0.482 e. The maximum Gasteiger partial charge on any atom is 0.344 e. The molecule has 0 aliphatic carbocycles. The Morgan fingerprint density at radius 3 is 2.58 bits per heavy atom. The van der Waals surface area contributed by atoms with E-state index in [1.165, 1.54) is 31.2 Å². The van der Waals surface area contributed by atoms with Gasteiger partial charge < -0.3 is 14.8 Å². The Hall–Kier alpha value is -2.41. The fourth-order valence-corrected chi connectivity index (χ4v) is 2.14. The maximum absolute atomic E-state index is 12.8. The number of hydrogen-bond donors (Lipinski definition) is 1. The zero-order valence-corrected chi connectivity index (χ0v) is 14.4. The van der Waals surface area contributed by atoms with Crippen molar-refractivity contribution >= 4 is 33.5 Å². The smallest absolute Gasteiger partial charge is 0.344 e. The molecule has 0 saturated heterocycles. The standard InChI is InChI=1S/C17H15BrFNO4/c1-11(17(22)20-14-7-5-13(19)6-8-14)24-16(21)10-23-15-4-2-3-12(18)9-15/h2-9,11H,10H2,1H3,(H,20,22)/t11-/m0/s1. The van der Waals surface area contributed by atoms with E-state index in [9.17, 15) is 14.0 Å². The Labute approximate surface area is 146 Å². The van der Waals surface area contributed by atoms with Crippen LogP contribution in [0.25, 0.3) is 0 Å². The number of rotatable bonds is 6. The number of esters is 1. The molecule has 1 N–H and O–H groups in total. The van der Waals surface area contributed by atoms with Crippen LogP contribution in [-0.2, 0) is 14.3 Å². The zero-order chi connectivity index (χ0) is 17.5. The predicted molar refractivity (Wildman–Crippen MR) is 90.2 cm³/mol. The van der Waals surface area contributed by atoms with Crippen molar-refractivity contribution in [2.45, 2.75) is 13.0 Å². The van der Waals surface area contributed by atoms with Gasteiger partial charge in [-0.05, 0) is 49.4 Å². The number of hydrogen-bond acceptors (Lipinski definition) is 4. The van der Waals surface area contributed by atoms with Gasteiger partial charge in [0.1, 0.15) is 11.6 Å². The average Bonchev–Trinajstić information content (AvgIpc) is 2.55. The van der Waals surface area contributed by atoms with Crippen LogP contribution in [0.5, 0.6) is 5.75 Å². The molecule has 24 heavy (non-hydrogen) atoms. The summed E-state index contributed by atoms with van der Waals surface area (Å²) in [5, 5.41) is 2.53. The minimum absolute atomic E-state index is 0.315. The Morgan fingerprint density at radius 1 is 1.21 bits per heavy atom. The molecule has 7 heteroatoms. The summed E-state index contributed by atoms with van der Waals surface area (Å²) in [6, 6.07) is 12.3. The SMILES string of the molecule is C[C@H](OC(=O)COc1cccc(Br)c1)C(=O)Nc1ccc(F)cc1. The Kier molecular flexibility index (Phi) is 6.31. The van der Waals surface area contributed by atoms with Gasteiger partial charge in [-0.3, -0.25) is 4.79 Å². The molecule has 0 spiro atoms. The van der Waals surface area contributed by atoms with Gasteiger partial charge in [-0.15, -0.1) is 0 Å². The summed E-state index contributed by atoms with van der Waals surface area (Å²) in [4.78, 5) is 23.6. The van der Waals surface area contributed by atoms with E-state index in [1.807, 2.05) is 6.07 Å². The lowest BCUT2D eigenvalue weighted by Crippen LogP contribution is -2.31. The Balaban J connectivity index is 1.80. The Bertz CT molecular complexity index is 721. The van der Waals surface area contributed by atoms with Crippen molar-refractivity contribution < 1.29 is 23.5 Å². The molecule has 5 nitrogen and oxygen atoms in total. The quantitative estimate of drug-likeness (QED) is 0.759. The average molecular weight is 396 g/mol. The van der Waals surface area contributed by atoms with E-state index >= 15 is 0 Å². The number of halogens is 2. The van der Waals surface area contributed by atoms with Crippen LogP contribution >= 0.6 is 15.9 Å². The zero-order valence-electron chi connectivity index (χ0n) is 12.8. The van der Waals surface area contributed by atoms with E-state index in [1.54, 1.807) is 18.2 Å². The van der Waals surface area contributed by atoms with Crippen molar-refractivity contribution in [3.63, 3.8) is 0 Å². The summed E-state index contributed by atoms with van der Waals surface area (Å²) in [5.74, 6) is -1.09. The summed E-state index contributed by atoms with van der Waals surface area (Å²) < 4.78 is 23.9. The molecule has 126 valence electrons. The van der Waals surface area contributed by atoms with Crippen molar-refractivity contribution in [3.8, 4) is 5.75 Å². The van der Waals surface area contributed by atoms with Crippen molar-refractivity contribution in [1.82, 2.24) is 0 Å². The first-order valence-electron chi connectivity index (χ1n) is 7.08. The van der Waals surface area contributed by atoms with Gasteiger partial charge in [0.2, 0.25) is 0 Å². The van der Waals surface area contributed by atoms with Crippen LogP contribution < -0.4 is 10.1 Å². The van der Waals surface area contributed by atoms with Crippen molar-refractivity contribution in [1.29, 1.82) is 0 Å². The summed E-state index contributed by atoms with van der Waals surface area (Å²) >= 11 is 3.29. The highest BCUT2D eigenvalue weighted by molar-refractivity contribution is 9.10. The lowest BCUT2D eigenvalue weighted by atomic mass is 10.3. The van der Waals surface area contributed by atoms with Crippen LogP contribution in [0.3, 0.4) is 0 Å². The second kappa shape index (κ2) is 8.44. The molecule has 0 unspecified atom stereocenters. The van der Waals surface area contributed by atoms with Crippen LogP contribution in [0.4, 0.5) is 10.1 Å². The normalized spacial score (nSPS) is 11.5. The van der Waals surface area contributed by atoms with Crippen LogP contribution in [0.15, 0.2) is 53.0 Å². The predicted octanol–water partition coefficient (Wildman–Crippen LogP) is 3.54. The van der Waals surface area contributed by atoms with Gasteiger partial charge in [0.15, 0.2) is 12.7 Å². The monoisotopic (exact) mass is 395 g/mol. The lowest BCUT2D eigenvalue weighted by molar-refractivity contribution is -0.155. The van der Waals surface area contributed by atoms with Gasteiger partial charge in [0.05, 0.1) is 0 Å². The van der Waals surface area contributed by atoms with E-state index in [4.69, 9.17) is 9.47 Å². The van der Waals surface area contributed by atoms with Crippen molar-refractivity contribution in [2.75, 3.05) is 11.9 Å². The molecule has 1 amide bonds. The molecular weight excluding hydrogens is 381 g/mol. The molecule has 1 atom stereocenters. The topological polar surface area (TPSA) is 64.6 Å². The van der Waals surface area contributed by atoms with Gasteiger partial charge in [-0.25, -0.2) is 9.18 Å². The van der Waals surface area contributed by atoms with Crippen molar-refractivity contribution in [2.24, 2.45) is 0 Å². The summed E-state index contributed by atoms with van der Waals surface area (Å²) in [5.41, 5.74) is 0.412. The second-order valence-electron chi connectivity index (χ2n) is 4.87. The first-order valence-corrected chi connectivity index (χ1v) is 7.87. The minimum atomic E-state index is -1.01. The molecule has 2 aromatic carbocycles. The van der Waals surface area contributed by atoms with Gasteiger partial charge in [0.25, 0.3) is 5.91 Å². The molecule has 0 aliphatic rings. The van der Waals surface area contributed by atoms with E-state index in [0.717, 1.165) is 4.47 Å². The van der Waals surface area contributed by atoms with Crippen LogP contribution in [0.2, 0.25) is 0 Å². The first kappa shape index (κ1) is 17.9. The number of anilines is 1. The second-order valence-corrected chi connectivity index (χ2v) is 5.79. The Morgan fingerprint density at radius 2 is 1.92 bits per heavy atom. The molecule has 0 saturated carbocycles. The number of carbonyl (C=O) groups is 2. The molecule has 0 radical (unpaired) electrons. The molecule has 2 rings (SSSR count). The van der Waals surface area contributed by atoms with Crippen LogP contribution in [0, 0.1) is 5.82 Å². The fraction of sp³-hybridized carbons (Fsp3) is 0.176. The molecule has 0 aliphatic heterocycles. The fourth-order valence-electron chi connectivity index (χ4n) is 1.76. The third-order valence-corrected chi connectivity index (χ3v) is 3.44. The number of ether oxygens (including phenoxy) is 2. The van der Waals surface area contributed by atoms with E-state index in [2.05, 4.69) is 21.2 Å². The molecule has 2 aromatic rings. The highest BCUT2D eigenvalue weighted by atomic mass is 79.9. The van der Waals surface area contributed by atoms with Crippen LogP contribution in [-0.4, -0.2) is 24.6 Å². The number of nitrogens with one attached hydrogen (secondary N) is 1. The highest BCUT2D eigenvalue weighted by Gasteiger charge is 2.18. The van der Waals surface area contributed by atoms with E-state index in [0.29, 0.717) is 11.4 Å². The molecule has 0 heterocycles. The van der Waals surface area contributed by atoms with E-state index in [-0.39, 0.29) is 6.61 Å². The largest absolute Gasteiger partial charge is 0.482 e.